The molecule has 0 rings (SSSR count). The van der Waals surface area contributed by atoms with E-state index >= 15 is 0 Å². The number of unbranched alkanes of at least 4 members (excludes halogenated alkanes) is 4. The van der Waals surface area contributed by atoms with Gasteiger partial charge in [-0.3, -0.25) is 9.59 Å². The summed E-state index contributed by atoms with van der Waals surface area (Å²) in [6.07, 6.45) is 4.91. The summed E-state index contributed by atoms with van der Waals surface area (Å²) in [5, 5.41) is 14.6. The minimum atomic E-state index is -1.39. The van der Waals surface area contributed by atoms with Crippen molar-refractivity contribution < 1.29 is 24.2 Å². The van der Waals surface area contributed by atoms with Crippen molar-refractivity contribution in [2.75, 3.05) is 52.4 Å². The maximum absolute atomic E-state index is 12.6. The van der Waals surface area contributed by atoms with Gasteiger partial charge in [0.15, 0.2) is 0 Å². The Labute approximate surface area is 185 Å². The Bertz CT molecular complexity index is 495. The first kappa shape index (κ1) is 29.1. The fraction of sp³-hybridized carbons (Fsp3) is 0.850. The lowest BCUT2D eigenvalue weighted by Crippen LogP contribution is -2.48. The van der Waals surface area contributed by atoms with Crippen molar-refractivity contribution in [3.63, 3.8) is 0 Å². The van der Waals surface area contributed by atoms with Gasteiger partial charge in [-0.1, -0.05) is 12.8 Å². The minimum Gasteiger partial charge on any atom is -0.450 e. The van der Waals surface area contributed by atoms with E-state index in [0.29, 0.717) is 39.1 Å². The average molecular weight is 447 g/mol. The lowest BCUT2D eigenvalue weighted by Gasteiger charge is -2.24. The van der Waals surface area contributed by atoms with Gasteiger partial charge in [0, 0.05) is 6.54 Å². The number of nitrogens with two attached hydrogens (primary N) is 3. The van der Waals surface area contributed by atoms with Gasteiger partial charge in [-0.25, -0.2) is 4.79 Å². The average Bonchev–Trinajstić information content (AvgIpc) is 2.73. The summed E-state index contributed by atoms with van der Waals surface area (Å²) in [6.45, 7) is 2.78. The molecule has 31 heavy (non-hydrogen) atoms. The fourth-order valence-electron chi connectivity index (χ4n) is 2.97. The fourth-order valence-corrected chi connectivity index (χ4v) is 2.97. The van der Waals surface area contributed by atoms with Gasteiger partial charge >= 0.3 is 6.16 Å². The molecule has 11 nitrogen and oxygen atoms in total. The largest absolute Gasteiger partial charge is 0.505 e. The van der Waals surface area contributed by atoms with Crippen LogP contribution in [0, 0.1) is 0 Å². The molecule has 11 heteroatoms. The molecule has 0 aromatic heterocycles. The third-order valence-electron chi connectivity index (χ3n) is 4.68. The molecule has 0 heterocycles. The molecule has 0 saturated carbocycles. The number of rotatable bonds is 20. The van der Waals surface area contributed by atoms with Gasteiger partial charge < -0.3 is 42.6 Å². The zero-order chi connectivity index (χ0) is 23.3. The van der Waals surface area contributed by atoms with Gasteiger partial charge in [0.25, 0.3) is 0 Å². The number of hydrogen-bond acceptors (Lipinski definition) is 8. The number of carbonyl (C=O) groups is 3. The van der Waals surface area contributed by atoms with Crippen LogP contribution in [-0.4, -0.2) is 86.4 Å². The molecule has 182 valence electrons. The van der Waals surface area contributed by atoms with Crippen molar-refractivity contribution in [2.45, 2.75) is 57.4 Å². The SMILES string of the molecule is NCCCCCN(CC(=O)N[C@H](CCCCN)COC(=O)O)C(=O)CNCCCCN. The third kappa shape index (κ3) is 17.4. The summed E-state index contributed by atoms with van der Waals surface area (Å²) in [7, 11) is 0. The number of ether oxygens (including phenoxy) is 1. The molecule has 0 aliphatic heterocycles. The molecule has 0 aromatic carbocycles. The molecule has 0 fully saturated rings. The monoisotopic (exact) mass is 446 g/mol. The van der Waals surface area contributed by atoms with E-state index in [1.54, 1.807) is 0 Å². The van der Waals surface area contributed by atoms with Crippen LogP contribution in [0.5, 0.6) is 0 Å². The van der Waals surface area contributed by atoms with E-state index in [1.165, 1.54) is 4.90 Å². The normalized spacial score (nSPS) is 11.7. The van der Waals surface area contributed by atoms with Crippen LogP contribution in [0.25, 0.3) is 0 Å². The summed E-state index contributed by atoms with van der Waals surface area (Å²) < 4.78 is 4.62. The van der Waals surface area contributed by atoms with Crippen LogP contribution in [0.15, 0.2) is 0 Å². The Morgan fingerprint density at radius 2 is 1.55 bits per heavy atom. The number of nitrogens with zero attached hydrogens (tertiary/aromatic N) is 1. The van der Waals surface area contributed by atoms with E-state index in [0.717, 1.165) is 44.9 Å². The highest BCUT2D eigenvalue weighted by Crippen LogP contribution is 2.03. The van der Waals surface area contributed by atoms with Gasteiger partial charge in [0.05, 0.1) is 19.1 Å². The molecule has 0 aliphatic rings. The first-order chi connectivity index (χ1) is 14.9. The maximum Gasteiger partial charge on any atom is 0.505 e. The van der Waals surface area contributed by atoms with E-state index in [-0.39, 0.29) is 31.5 Å². The van der Waals surface area contributed by atoms with E-state index in [4.69, 9.17) is 22.3 Å². The van der Waals surface area contributed by atoms with E-state index in [1.807, 2.05) is 0 Å². The molecule has 0 radical (unpaired) electrons. The van der Waals surface area contributed by atoms with Crippen LogP contribution in [0.1, 0.15) is 51.4 Å². The quantitative estimate of drug-likeness (QED) is 0.107. The predicted octanol–water partition coefficient (Wildman–Crippen LogP) is -0.419. The number of hydrogen-bond donors (Lipinski definition) is 6. The zero-order valence-corrected chi connectivity index (χ0v) is 18.7. The van der Waals surface area contributed by atoms with Crippen LogP contribution in [0.3, 0.4) is 0 Å². The third-order valence-corrected chi connectivity index (χ3v) is 4.68. The lowest BCUT2D eigenvalue weighted by molar-refractivity contribution is -0.135. The van der Waals surface area contributed by atoms with Gasteiger partial charge in [-0.2, -0.15) is 0 Å². The molecule has 0 unspecified atom stereocenters. The summed E-state index contributed by atoms with van der Waals surface area (Å²) >= 11 is 0. The Balaban J connectivity index is 4.74. The standard InChI is InChI=1S/C20H42N6O5/c21-9-3-1-7-13-26(19(28)14-24-12-6-5-11-23)15-18(27)25-17(8-2-4-10-22)16-31-20(29)30/h17,24H,1-16,21-23H2,(H,25,27)(H,29,30)/t17-/m1/s1. The number of carbonyl (C=O) groups excluding carboxylic acids is 2. The lowest BCUT2D eigenvalue weighted by atomic mass is 10.1. The molecule has 0 aliphatic carbocycles. The second-order valence-electron chi connectivity index (χ2n) is 7.46. The Morgan fingerprint density at radius 3 is 2.19 bits per heavy atom. The maximum atomic E-state index is 12.6. The zero-order valence-electron chi connectivity index (χ0n) is 18.7. The Kier molecular flexibility index (Phi) is 18.7. The van der Waals surface area contributed by atoms with Gasteiger partial charge in [0.1, 0.15) is 6.61 Å². The first-order valence-electron chi connectivity index (χ1n) is 11.2. The van der Waals surface area contributed by atoms with Crippen LogP contribution in [0.4, 0.5) is 4.79 Å². The van der Waals surface area contributed by atoms with Crippen molar-refractivity contribution in [3.05, 3.63) is 0 Å². The molecular formula is C20H42N6O5. The number of amides is 2. The van der Waals surface area contributed by atoms with E-state index < -0.39 is 12.2 Å². The predicted molar refractivity (Wildman–Crippen MR) is 119 cm³/mol. The van der Waals surface area contributed by atoms with Crippen LogP contribution >= 0.6 is 0 Å². The van der Waals surface area contributed by atoms with Crippen molar-refractivity contribution in [1.82, 2.24) is 15.5 Å². The van der Waals surface area contributed by atoms with Crippen LogP contribution in [0.2, 0.25) is 0 Å². The molecular weight excluding hydrogens is 404 g/mol. The smallest absolute Gasteiger partial charge is 0.450 e. The summed E-state index contributed by atoms with van der Waals surface area (Å²) in [6, 6.07) is -0.460. The summed E-state index contributed by atoms with van der Waals surface area (Å²) in [4.78, 5) is 37.4. The molecule has 0 aromatic rings. The molecule has 0 bridgehead atoms. The minimum absolute atomic E-state index is 0.0909. The van der Waals surface area contributed by atoms with E-state index in [9.17, 15) is 14.4 Å². The van der Waals surface area contributed by atoms with Gasteiger partial charge in [0.2, 0.25) is 11.8 Å². The molecule has 0 saturated heterocycles. The van der Waals surface area contributed by atoms with Crippen molar-refractivity contribution in [3.8, 4) is 0 Å². The Hall–Kier alpha value is -1.95. The molecule has 2 amide bonds. The van der Waals surface area contributed by atoms with Crippen molar-refractivity contribution >= 4 is 18.0 Å². The highest BCUT2D eigenvalue weighted by atomic mass is 16.7. The highest BCUT2D eigenvalue weighted by Gasteiger charge is 2.20. The van der Waals surface area contributed by atoms with Gasteiger partial charge in [-0.05, 0) is 64.7 Å². The Morgan fingerprint density at radius 1 is 0.903 bits per heavy atom. The number of carboxylic acid groups (broad SMARTS) is 1. The van der Waals surface area contributed by atoms with Gasteiger partial charge in [-0.15, -0.1) is 0 Å². The summed E-state index contributed by atoms with van der Waals surface area (Å²) in [5.74, 6) is -0.501. The second-order valence-corrected chi connectivity index (χ2v) is 7.46. The van der Waals surface area contributed by atoms with E-state index in [2.05, 4.69) is 15.4 Å². The van der Waals surface area contributed by atoms with Crippen molar-refractivity contribution in [1.29, 1.82) is 0 Å². The summed E-state index contributed by atoms with van der Waals surface area (Å²) in [5.41, 5.74) is 16.5. The molecule has 1 atom stereocenters. The number of nitrogens with one attached hydrogen (secondary N) is 2. The first-order valence-corrected chi connectivity index (χ1v) is 11.2. The van der Waals surface area contributed by atoms with Crippen LogP contribution < -0.4 is 27.8 Å². The highest BCUT2D eigenvalue weighted by molar-refractivity contribution is 5.85. The molecule has 9 N–H and O–H groups in total. The molecule has 0 spiro atoms. The van der Waals surface area contributed by atoms with Crippen molar-refractivity contribution in [2.24, 2.45) is 17.2 Å². The van der Waals surface area contributed by atoms with Crippen LogP contribution in [-0.2, 0) is 14.3 Å². The second kappa shape index (κ2) is 20.0. The topological polar surface area (TPSA) is 186 Å².